The highest BCUT2D eigenvalue weighted by Gasteiger charge is 2.35. The van der Waals surface area contributed by atoms with Crippen molar-refractivity contribution in [3.05, 3.63) is 21.9 Å². The van der Waals surface area contributed by atoms with E-state index in [2.05, 4.69) is 25.5 Å². The monoisotopic (exact) mass is 317 g/mol. The number of H-pyrrole nitrogens is 1. The van der Waals surface area contributed by atoms with Crippen molar-refractivity contribution in [3.8, 4) is 0 Å². The number of hydrogen-bond acceptors (Lipinski definition) is 5. The van der Waals surface area contributed by atoms with Gasteiger partial charge in [0.1, 0.15) is 11.5 Å². The van der Waals surface area contributed by atoms with Crippen molar-refractivity contribution in [1.29, 1.82) is 0 Å². The number of alkyl halides is 3. The van der Waals surface area contributed by atoms with Crippen LogP contribution >= 0.6 is 11.3 Å². The molecule has 112 valence electrons. The van der Waals surface area contributed by atoms with Crippen LogP contribution in [0.1, 0.15) is 46.5 Å². The molecule has 6 nitrogen and oxygen atoms in total. The Labute approximate surface area is 120 Å². The second kappa shape index (κ2) is 5.10. The summed E-state index contributed by atoms with van der Waals surface area (Å²) in [6, 6.07) is 0. The van der Waals surface area contributed by atoms with Crippen LogP contribution in [-0.4, -0.2) is 26.1 Å². The maximum atomic E-state index is 12.4. The third-order valence-corrected chi connectivity index (χ3v) is 4.09. The van der Waals surface area contributed by atoms with Crippen LogP contribution < -0.4 is 5.32 Å². The minimum atomic E-state index is -4.55. The van der Waals surface area contributed by atoms with Gasteiger partial charge in [-0.05, 0) is 12.8 Å². The maximum Gasteiger partial charge on any atom is 0.443 e. The molecule has 1 aliphatic carbocycles. The number of carbonyl (C=O) groups excluding carboxylic acids is 1. The highest BCUT2D eigenvalue weighted by Crippen LogP contribution is 2.34. The molecule has 0 unspecified atom stereocenters. The molecule has 1 saturated carbocycles. The molecule has 1 fully saturated rings. The number of thiazole rings is 1. The summed E-state index contributed by atoms with van der Waals surface area (Å²) >= 11 is 0.373. The van der Waals surface area contributed by atoms with E-state index in [4.69, 9.17) is 0 Å². The van der Waals surface area contributed by atoms with E-state index in [9.17, 15) is 18.0 Å². The summed E-state index contributed by atoms with van der Waals surface area (Å²) < 4.78 is 37.2. The van der Waals surface area contributed by atoms with Gasteiger partial charge in [0.2, 0.25) is 5.95 Å². The van der Waals surface area contributed by atoms with Gasteiger partial charge in [0.25, 0.3) is 5.91 Å². The van der Waals surface area contributed by atoms with Crippen molar-refractivity contribution >= 4 is 23.2 Å². The lowest BCUT2D eigenvalue weighted by atomic mass is 9.85. The first-order chi connectivity index (χ1) is 9.93. The molecule has 10 heteroatoms. The van der Waals surface area contributed by atoms with Crippen molar-refractivity contribution in [2.75, 3.05) is 5.32 Å². The van der Waals surface area contributed by atoms with Crippen LogP contribution in [0.25, 0.3) is 0 Å². The van der Waals surface area contributed by atoms with Gasteiger partial charge in [-0.3, -0.25) is 15.2 Å². The van der Waals surface area contributed by atoms with Gasteiger partial charge in [0, 0.05) is 11.3 Å². The standard InChI is InChI=1S/C11H10F3N5OS/c12-11(13,14)9-15-6(4-21-9)8(20)17-10-16-7(18-19-10)5-2-1-3-5/h4-5H,1-3H2,(H2,16,17,18,19,20). The topological polar surface area (TPSA) is 83.6 Å². The Morgan fingerprint density at radius 2 is 2.14 bits per heavy atom. The van der Waals surface area contributed by atoms with Gasteiger partial charge in [0.15, 0.2) is 5.01 Å². The van der Waals surface area contributed by atoms with Crippen LogP contribution in [-0.2, 0) is 6.18 Å². The summed E-state index contributed by atoms with van der Waals surface area (Å²) in [5.74, 6) is 0.287. The third-order valence-electron chi connectivity index (χ3n) is 3.20. The largest absolute Gasteiger partial charge is 0.443 e. The highest BCUT2D eigenvalue weighted by atomic mass is 32.1. The molecule has 0 aliphatic heterocycles. The molecule has 0 saturated heterocycles. The Balaban J connectivity index is 1.68. The zero-order valence-electron chi connectivity index (χ0n) is 10.6. The molecule has 1 aliphatic rings. The van der Waals surface area contributed by atoms with E-state index >= 15 is 0 Å². The van der Waals surface area contributed by atoms with Crippen LogP contribution in [0.3, 0.4) is 0 Å². The molecule has 2 aromatic rings. The van der Waals surface area contributed by atoms with E-state index < -0.39 is 17.1 Å². The fraction of sp³-hybridized carbons (Fsp3) is 0.455. The molecule has 0 atom stereocenters. The molecular weight excluding hydrogens is 307 g/mol. The fourth-order valence-electron chi connectivity index (χ4n) is 1.87. The summed E-state index contributed by atoms with van der Waals surface area (Å²) in [5.41, 5.74) is -0.303. The predicted octanol–water partition coefficient (Wildman–Crippen LogP) is 2.80. The number of carbonyl (C=O) groups is 1. The Morgan fingerprint density at radius 3 is 2.71 bits per heavy atom. The summed E-state index contributed by atoms with van der Waals surface area (Å²) in [6.45, 7) is 0. The van der Waals surface area contributed by atoms with E-state index in [1.165, 1.54) is 0 Å². The molecule has 1 amide bonds. The number of nitrogens with one attached hydrogen (secondary N) is 2. The Bertz CT molecular complexity index is 661. The van der Waals surface area contributed by atoms with Crippen LogP contribution in [0.4, 0.5) is 19.1 Å². The smallest absolute Gasteiger partial charge is 0.288 e. The second-order valence-electron chi connectivity index (χ2n) is 4.66. The average Bonchev–Trinajstić information content (AvgIpc) is 2.94. The number of halogens is 3. The number of anilines is 1. The number of amides is 1. The Morgan fingerprint density at radius 1 is 1.38 bits per heavy atom. The predicted molar refractivity (Wildman–Crippen MR) is 68.0 cm³/mol. The maximum absolute atomic E-state index is 12.4. The van der Waals surface area contributed by atoms with E-state index in [1.807, 2.05) is 0 Å². The van der Waals surface area contributed by atoms with Gasteiger partial charge in [0.05, 0.1) is 0 Å². The van der Waals surface area contributed by atoms with Crippen molar-refractivity contribution in [2.24, 2.45) is 0 Å². The first-order valence-corrected chi connectivity index (χ1v) is 7.08. The average molecular weight is 317 g/mol. The molecule has 0 spiro atoms. The van der Waals surface area contributed by atoms with Gasteiger partial charge in [-0.15, -0.1) is 16.4 Å². The number of aromatic amines is 1. The quantitative estimate of drug-likeness (QED) is 0.912. The highest BCUT2D eigenvalue weighted by molar-refractivity contribution is 7.10. The molecule has 2 aromatic heterocycles. The summed E-state index contributed by atoms with van der Waals surface area (Å²) in [6.07, 6.45) is -1.38. The van der Waals surface area contributed by atoms with Crippen LogP contribution in [0.15, 0.2) is 5.38 Å². The van der Waals surface area contributed by atoms with E-state index in [0.29, 0.717) is 23.1 Å². The zero-order chi connectivity index (χ0) is 15.0. The molecule has 2 heterocycles. The number of hydrogen-bond donors (Lipinski definition) is 2. The van der Waals surface area contributed by atoms with Crippen molar-refractivity contribution in [2.45, 2.75) is 31.4 Å². The summed E-state index contributed by atoms with van der Waals surface area (Å²) in [7, 11) is 0. The first-order valence-electron chi connectivity index (χ1n) is 6.20. The zero-order valence-corrected chi connectivity index (χ0v) is 11.4. The molecule has 0 bridgehead atoms. The van der Waals surface area contributed by atoms with Gasteiger partial charge >= 0.3 is 6.18 Å². The molecule has 21 heavy (non-hydrogen) atoms. The molecule has 0 radical (unpaired) electrons. The summed E-state index contributed by atoms with van der Waals surface area (Å²) in [4.78, 5) is 19.2. The lowest BCUT2D eigenvalue weighted by Gasteiger charge is -2.22. The van der Waals surface area contributed by atoms with Gasteiger partial charge in [-0.1, -0.05) is 6.42 Å². The normalized spacial score (nSPS) is 15.8. The molecule has 0 aromatic carbocycles. The van der Waals surface area contributed by atoms with Gasteiger partial charge in [-0.2, -0.15) is 18.2 Å². The minimum Gasteiger partial charge on any atom is -0.288 e. The van der Waals surface area contributed by atoms with Crippen molar-refractivity contribution in [3.63, 3.8) is 0 Å². The van der Waals surface area contributed by atoms with Crippen LogP contribution in [0.2, 0.25) is 0 Å². The lowest BCUT2D eigenvalue weighted by Crippen LogP contribution is -2.15. The SMILES string of the molecule is O=C(Nc1n[nH]c(C2CCC2)n1)c1csc(C(F)(F)F)n1. The Kier molecular flexibility index (Phi) is 3.40. The lowest BCUT2D eigenvalue weighted by molar-refractivity contribution is -0.137. The third kappa shape index (κ3) is 2.89. The second-order valence-corrected chi connectivity index (χ2v) is 5.52. The van der Waals surface area contributed by atoms with E-state index in [-0.39, 0.29) is 11.6 Å². The van der Waals surface area contributed by atoms with Gasteiger partial charge < -0.3 is 0 Å². The van der Waals surface area contributed by atoms with Crippen LogP contribution in [0, 0.1) is 0 Å². The molecular formula is C11H10F3N5OS. The van der Waals surface area contributed by atoms with Crippen LogP contribution in [0.5, 0.6) is 0 Å². The Hall–Kier alpha value is -1.97. The number of nitrogens with zero attached hydrogens (tertiary/aromatic N) is 3. The summed E-state index contributed by atoms with van der Waals surface area (Å²) in [5, 5.41) is 8.87. The number of aromatic nitrogens is 4. The number of rotatable bonds is 3. The first kappa shape index (κ1) is 14.0. The molecule has 3 rings (SSSR count). The van der Waals surface area contributed by atoms with Crippen molar-refractivity contribution < 1.29 is 18.0 Å². The molecule has 2 N–H and O–H groups in total. The minimum absolute atomic E-state index is 0.0449. The van der Waals surface area contributed by atoms with E-state index in [0.717, 1.165) is 24.6 Å². The van der Waals surface area contributed by atoms with Gasteiger partial charge in [-0.25, -0.2) is 4.98 Å². The van der Waals surface area contributed by atoms with Crippen molar-refractivity contribution in [1.82, 2.24) is 20.2 Å². The fourth-order valence-corrected chi connectivity index (χ4v) is 2.54. The van der Waals surface area contributed by atoms with E-state index in [1.54, 1.807) is 0 Å².